The van der Waals surface area contributed by atoms with Crippen molar-refractivity contribution in [2.75, 3.05) is 5.32 Å². The molecule has 0 aliphatic heterocycles. The van der Waals surface area contributed by atoms with Crippen LogP contribution >= 0.6 is 22.9 Å². The second-order valence-corrected chi connectivity index (χ2v) is 8.24. The van der Waals surface area contributed by atoms with Crippen LogP contribution in [0, 0.1) is 17.0 Å². The number of thiophene rings is 1. The summed E-state index contributed by atoms with van der Waals surface area (Å²) in [4.78, 5) is 23.6. The highest BCUT2D eigenvalue weighted by molar-refractivity contribution is 7.12. The largest absolute Gasteiger partial charge is 0.390 e. The molecule has 1 aromatic carbocycles. The molecule has 3 heterocycles. The highest BCUT2D eigenvalue weighted by Gasteiger charge is 2.17. The Labute approximate surface area is 186 Å². The van der Waals surface area contributed by atoms with Gasteiger partial charge in [-0.1, -0.05) is 23.7 Å². The van der Waals surface area contributed by atoms with Gasteiger partial charge in [-0.25, -0.2) is 0 Å². The van der Waals surface area contributed by atoms with Crippen molar-refractivity contribution in [1.82, 2.24) is 19.6 Å². The second kappa shape index (κ2) is 8.70. The molecular weight excluding hydrogens is 440 g/mol. The van der Waals surface area contributed by atoms with Crippen molar-refractivity contribution < 1.29 is 9.72 Å². The first kappa shape index (κ1) is 20.8. The molecule has 31 heavy (non-hydrogen) atoms. The highest BCUT2D eigenvalue weighted by Crippen LogP contribution is 2.20. The van der Waals surface area contributed by atoms with E-state index in [4.69, 9.17) is 11.6 Å². The molecule has 4 rings (SSSR count). The minimum Gasteiger partial charge on any atom is -0.358 e. The van der Waals surface area contributed by atoms with Crippen molar-refractivity contribution in [3.8, 4) is 0 Å². The molecule has 1 amide bonds. The lowest BCUT2D eigenvalue weighted by molar-refractivity contribution is -0.389. The van der Waals surface area contributed by atoms with Gasteiger partial charge in [-0.15, -0.1) is 11.3 Å². The zero-order valence-electron chi connectivity index (χ0n) is 16.4. The van der Waals surface area contributed by atoms with Gasteiger partial charge in [0.2, 0.25) is 0 Å². The summed E-state index contributed by atoms with van der Waals surface area (Å²) < 4.78 is 3.27. The number of amides is 1. The third-order valence-electron chi connectivity index (χ3n) is 4.50. The third kappa shape index (κ3) is 4.98. The van der Waals surface area contributed by atoms with Gasteiger partial charge in [0.25, 0.3) is 5.91 Å². The van der Waals surface area contributed by atoms with E-state index in [1.165, 1.54) is 17.4 Å². The molecule has 3 aromatic heterocycles. The Hall–Kier alpha value is -3.50. The number of benzene rings is 1. The maximum Gasteiger partial charge on any atom is 0.390 e. The summed E-state index contributed by atoms with van der Waals surface area (Å²) in [5.74, 6) is -0.415. The van der Waals surface area contributed by atoms with E-state index in [0.29, 0.717) is 34.4 Å². The number of anilines is 1. The van der Waals surface area contributed by atoms with Crippen LogP contribution in [-0.4, -0.2) is 30.4 Å². The van der Waals surface area contributed by atoms with Crippen molar-refractivity contribution >= 4 is 40.4 Å². The zero-order valence-corrected chi connectivity index (χ0v) is 17.9. The second-order valence-electron chi connectivity index (χ2n) is 6.89. The molecule has 4 aromatic rings. The number of nitrogens with one attached hydrogen (secondary N) is 1. The normalized spacial score (nSPS) is 10.9. The number of halogens is 1. The molecule has 0 saturated carbocycles. The molecule has 0 radical (unpaired) electrons. The van der Waals surface area contributed by atoms with Gasteiger partial charge in [0.1, 0.15) is 0 Å². The van der Waals surface area contributed by atoms with Crippen LogP contribution in [0.15, 0.2) is 54.2 Å². The minimum absolute atomic E-state index is 0.192. The van der Waals surface area contributed by atoms with Crippen LogP contribution in [0.3, 0.4) is 0 Å². The summed E-state index contributed by atoms with van der Waals surface area (Å²) in [7, 11) is 0. The van der Waals surface area contributed by atoms with Crippen LogP contribution in [0.2, 0.25) is 5.02 Å². The first-order valence-electron chi connectivity index (χ1n) is 9.22. The SMILES string of the molecule is Cc1cc([N+](=O)[O-])nn1Cc1csc(C(=O)Nc2cccc(Cn3cc(Cl)cn3)c2)c1. The van der Waals surface area contributed by atoms with E-state index in [1.54, 1.807) is 34.7 Å². The van der Waals surface area contributed by atoms with Crippen LogP contribution in [0.25, 0.3) is 0 Å². The summed E-state index contributed by atoms with van der Waals surface area (Å²) in [6.07, 6.45) is 3.31. The van der Waals surface area contributed by atoms with E-state index in [9.17, 15) is 14.9 Å². The number of rotatable bonds is 7. The fourth-order valence-corrected chi connectivity index (χ4v) is 4.00. The molecule has 158 valence electrons. The molecule has 0 aliphatic rings. The Morgan fingerprint density at radius 3 is 2.81 bits per heavy atom. The maximum absolute atomic E-state index is 12.7. The molecule has 0 unspecified atom stereocenters. The fourth-order valence-electron chi connectivity index (χ4n) is 3.04. The van der Waals surface area contributed by atoms with Gasteiger partial charge >= 0.3 is 5.82 Å². The molecule has 0 aliphatic carbocycles. The Morgan fingerprint density at radius 2 is 2.10 bits per heavy atom. The lowest BCUT2D eigenvalue weighted by Gasteiger charge is -2.07. The van der Waals surface area contributed by atoms with Crippen LogP contribution in [0.5, 0.6) is 0 Å². The van der Waals surface area contributed by atoms with Crippen molar-refractivity contribution in [2.24, 2.45) is 0 Å². The predicted octanol–water partition coefficient (Wildman–Crippen LogP) is 4.36. The monoisotopic (exact) mass is 456 g/mol. The zero-order chi connectivity index (χ0) is 22.0. The van der Waals surface area contributed by atoms with Crippen LogP contribution < -0.4 is 5.32 Å². The van der Waals surface area contributed by atoms with Gasteiger partial charge in [0.15, 0.2) is 0 Å². The number of hydrogen-bond acceptors (Lipinski definition) is 6. The van der Waals surface area contributed by atoms with Crippen LogP contribution in [0.1, 0.15) is 26.5 Å². The number of nitro groups is 1. The molecule has 0 fully saturated rings. The van der Waals surface area contributed by atoms with E-state index in [2.05, 4.69) is 15.5 Å². The number of carbonyl (C=O) groups excluding carboxylic acids is 1. The van der Waals surface area contributed by atoms with Gasteiger partial charge in [-0.2, -0.15) is 9.78 Å². The van der Waals surface area contributed by atoms with Crippen molar-refractivity contribution in [2.45, 2.75) is 20.0 Å². The Bertz CT molecular complexity index is 1260. The fraction of sp³-hybridized carbons (Fsp3) is 0.150. The Kier molecular flexibility index (Phi) is 5.83. The van der Waals surface area contributed by atoms with Gasteiger partial charge in [-0.3, -0.25) is 9.48 Å². The smallest absolute Gasteiger partial charge is 0.358 e. The van der Waals surface area contributed by atoms with E-state index < -0.39 is 4.92 Å². The summed E-state index contributed by atoms with van der Waals surface area (Å²) in [5, 5.41) is 24.3. The molecule has 1 N–H and O–H groups in total. The Morgan fingerprint density at radius 1 is 1.26 bits per heavy atom. The first-order chi connectivity index (χ1) is 14.9. The molecule has 0 saturated heterocycles. The quantitative estimate of drug-likeness (QED) is 0.328. The average molecular weight is 457 g/mol. The average Bonchev–Trinajstić information content (AvgIpc) is 3.44. The third-order valence-corrected chi connectivity index (χ3v) is 5.67. The minimum atomic E-state index is -0.523. The van der Waals surface area contributed by atoms with E-state index in [0.717, 1.165) is 11.1 Å². The van der Waals surface area contributed by atoms with Gasteiger partial charge < -0.3 is 15.4 Å². The molecule has 11 heteroatoms. The van der Waals surface area contributed by atoms with Crippen molar-refractivity contribution in [3.05, 3.63) is 91.0 Å². The lowest BCUT2D eigenvalue weighted by atomic mass is 10.2. The Balaban J connectivity index is 1.42. The van der Waals surface area contributed by atoms with E-state index in [1.807, 2.05) is 29.6 Å². The number of hydrogen-bond donors (Lipinski definition) is 1. The number of aryl methyl sites for hydroxylation is 1. The van der Waals surface area contributed by atoms with Crippen LogP contribution in [-0.2, 0) is 13.1 Å². The van der Waals surface area contributed by atoms with Gasteiger partial charge in [-0.05, 0) is 46.6 Å². The molecule has 0 atom stereocenters. The van der Waals surface area contributed by atoms with E-state index in [-0.39, 0.29) is 11.7 Å². The standard InChI is InChI=1S/C20H17ClN6O3S/c1-13-5-19(27(29)30)24-26(13)10-15-7-18(31-12-15)20(28)23-17-4-2-3-14(6-17)9-25-11-16(21)8-22-25/h2-8,11-12H,9-10H2,1H3,(H,23,28). The van der Waals surface area contributed by atoms with Gasteiger partial charge in [0, 0.05) is 11.9 Å². The highest BCUT2D eigenvalue weighted by atomic mass is 35.5. The first-order valence-corrected chi connectivity index (χ1v) is 10.5. The van der Waals surface area contributed by atoms with Crippen molar-refractivity contribution in [3.63, 3.8) is 0 Å². The number of carbonyl (C=O) groups is 1. The lowest BCUT2D eigenvalue weighted by Crippen LogP contribution is -2.11. The number of nitrogens with zero attached hydrogens (tertiary/aromatic N) is 5. The predicted molar refractivity (Wildman–Crippen MR) is 118 cm³/mol. The van der Waals surface area contributed by atoms with Gasteiger partial charge in [0.05, 0.1) is 46.0 Å². The molecule has 0 spiro atoms. The molecule has 0 bridgehead atoms. The maximum atomic E-state index is 12.7. The molecular formula is C20H17ClN6O3S. The number of aromatic nitrogens is 4. The van der Waals surface area contributed by atoms with E-state index >= 15 is 0 Å². The topological polar surface area (TPSA) is 108 Å². The molecule has 9 nitrogen and oxygen atoms in total. The van der Waals surface area contributed by atoms with Crippen molar-refractivity contribution in [1.29, 1.82) is 0 Å². The summed E-state index contributed by atoms with van der Waals surface area (Å²) in [5.41, 5.74) is 3.18. The summed E-state index contributed by atoms with van der Waals surface area (Å²) in [6.45, 7) is 2.64. The van der Waals surface area contributed by atoms with Crippen LogP contribution in [0.4, 0.5) is 11.5 Å². The summed E-state index contributed by atoms with van der Waals surface area (Å²) in [6, 6.07) is 10.7. The summed E-state index contributed by atoms with van der Waals surface area (Å²) >= 11 is 7.21.